The molecule has 0 saturated heterocycles. The number of para-hydroxylation sites is 3. The molecule has 10 aromatic rings. The summed E-state index contributed by atoms with van der Waals surface area (Å²) in [5.41, 5.74) is 14.7. The smallest absolute Gasteiger partial charge is 0.160 e. The van der Waals surface area contributed by atoms with Gasteiger partial charge in [0.1, 0.15) is 0 Å². The summed E-state index contributed by atoms with van der Waals surface area (Å²) >= 11 is 0. The van der Waals surface area contributed by atoms with Gasteiger partial charge in [0.2, 0.25) is 0 Å². The van der Waals surface area contributed by atoms with E-state index in [1.54, 1.807) is 0 Å². The quantitative estimate of drug-likeness (QED) is 0.162. The Morgan fingerprint density at radius 3 is 1.82 bits per heavy atom. The Morgan fingerprint density at radius 2 is 1.08 bits per heavy atom. The minimum atomic E-state index is -0.0824. The fourth-order valence-corrected chi connectivity index (χ4v) is 8.81. The highest BCUT2D eigenvalue weighted by molar-refractivity contribution is 6.23. The molecule has 3 heterocycles. The number of hydrogen-bond acceptors (Lipinski definition) is 3. The average molecular weight is 769 g/mol. The van der Waals surface area contributed by atoms with E-state index in [1.807, 2.05) is 0 Å². The standard InChI is InChI=1S/C56H40N4/c1-56(44-17-7-3-8-18-44)35-33-41(34-36-56)50-37-49(40-27-25-39(26-28-40)38-15-5-2-6-16-38)58-55(59-50)43-31-29-42(30-32-43)53-54-52(46-21-11-13-23-48(46)57-53)47-22-12-14-24-51(47)60(54)45-19-9-4-10-20-45/h2-35,37H,36H2,1H3. The van der Waals surface area contributed by atoms with Crippen molar-refractivity contribution in [2.24, 2.45) is 0 Å². The van der Waals surface area contributed by atoms with Gasteiger partial charge in [-0.05, 0) is 59.0 Å². The summed E-state index contributed by atoms with van der Waals surface area (Å²) in [4.78, 5) is 15.9. The third kappa shape index (κ3) is 6.21. The molecule has 0 amide bonds. The number of fused-ring (bicyclic) bond motifs is 5. The molecule has 0 N–H and O–H groups in total. The monoisotopic (exact) mass is 768 g/mol. The summed E-state index contributed by atoms with van der Waals surface area (Å²) in [6.07, 6.45) is 7.77. The molecular formula is C56H40N4. The first-order valence-electron chi connectivity index (χ1n) is 20.6. The lowest BCUT2D eigenvalue weighted by Gasteiger charge is -2.28. The summed E-state index contributed by atoms with van der Waals surface area (Å²) < 4.78 is 2.36. The summed E-state index contributed by atoms with van der Waals surface area (Å²) in [6.45, 7) is 2.30. The molecule has 11 rings (SSSR count). The van der Waals surface area contributed by atoms with Crippen molar-refractivity contribution >= 4 is 38.3 Å². The predicted molar refractivity (Wildman–Crippen MR) is 249 cm³/mol. The molecule has 0 spiro atoms. The SMILES string of the molecule is CC1(c2ccccc2)C=CC(c2cc(-c3ccc(-c4ccccc4)cc3)nc(-c3ccc(-c4nc5ccccc5c5c6ccccc6n(-c6ccccc6)c45)cc3)n2)=CC1. The first kappa shape index (κ1) is 35.5. The highest BCUT2D eigenvalue weighted by Crippen LogP contribution is 2.42. The minimum absolute atomic E-state index is 0.0824. The van der Waals surface area contributed by atoms with Gasteiger partial charge in [-0.2, -0.15) is 0 Å². The Bertz CT molecular complexity index is 3260. The predicted octanol–water partition coefficient (Wildman–Crippen LogP) is 14.1. The highest BCUT2D eigenvalue weighted by atomic mass is 15.0. The molecule has 1 atom stereocenters. The molecule has 0 aliphatic heterocycles. The molecule has 0 radical (unpaired) electrons. The van der Waals surface area contributed by atoms with Crippen LogP contribution >= 0.6 is 0 Å². The van der Waals surface area contributed by atoms with E-state index in [-0.39, 0.29) is 5.41 Å². The lowest BCUT2D eigenvalue weighted by Crippen LogP contribution is -2.20. The van der Waals surface area contributed by atoms with E-state index in [1.165, 1.54) is 27.5 Å². The van der Waals surface area contributed by atoms with E-state index in [0.29, 0.717) is 5.82 Å². The molecular weight excluding hydrogens is 729 g/mol. The number of pyridine rings is 1. The molecule has 4 heteroatoms. The zero-order valence-corrected chi connectivity index (χ0v) is 33.2. The van der Waals surface area contributed by atoms with Gasteiger partial charge in [0.05, 0.1) is 33.6 Å². The van der Waals surface area contributed by atoms with Gasteiger partial charge in [-0.1, -0.05) is 189 Å². The molecule has 0 bridgehead atoms. The van der Waals surface area contributed by atoms with Gasteiger partial charge in [0.25, 0.3) is 0 Å². The van der Waals surface area contributed by atoms with Crippen molar-refractivity contribution in [3.63, 3.8) is 0 Å². The normalized spacial score (nSPS) is 15.1. The van der Waals surface area contributed by atoms with E-state index in [0.717, 1.165) is 73.4 Å². The van der Waals surface area contributed by atoms with Crippen LogP contribution in [0.3, 0.4) is 0 Å². The van der Waals surface area contributed by atoms with Crippen molar-refractivity contribution in [2.75, 3.05) is 0 Å². The molecule has 1 aliphatic carbocycles. The number of nitrogens with zero attached hydrogens (tertiary/aromatic N) is 4. The zero-order valence-electron chi connectivity index (χ0n) is 33.2. The summed E-state index contributed by atoms with van der Waals surface area (Å²) in [5, 5.41) is 3.55. The fourth-order valence-electron chi connectivity index (χ4n) is 8.81. The summed E-state index contributed by atoms with van der Waals surface area (Å²) in [5.74, 6) is 0.682. The van der Waals surface area contributed by atoms with E-state index in [4.69, 9.17) is 15.0 Å². The third-order valence-electron chi connectivity index (χ3n) is 12.1. The van der Waals surface area contributed by atoms with E-state index in [9.17, 15) is 0 Å². The molecule has 60 heavy (non-hydrogen) atoms. The van der Waals surface area contributed by atoms with Gasteiger partial charge in [-0.25, -0.2) is 15.0 Å². The van der Waals surface area contributed by atoms with Crippen LogP contribution in [-0.2, 0) is 5.41 Å². The van der Waals surface area contributed by atoms with Crippen LogP contribution in [0.1, 0.15) is 24.6 Å². The second kappa shape index (κ2) is 14.6. The molecule has 7 aromatic carbocycles. The van der Waals surface area contributed by atoms with Gasteiger partial charge in [0, 0.05) is 44.0 Å². The average Bonchev–Trinajstić information content (AvgIpc) is 3.68. The van der Waals surface area contributed by atoms with Gasteiger partial charge >= 0.3 is 0 Å². The molecule has 284 valence electrons. The van der Waals surface area contributed by atoms with Gasteiger partial charge in [-0.3, -0.25) is 0 Å². The fraction of sp³-hybridized carbons (Fsp3) is 0.0536. The van der Waals surface area contributed by atoms with Crippen LogP contribution in [0.2, 0.25) is 0 Å². The number of hydrogen-bond donors (Lipinski definition) is 0. The number of rotatable bonds is 7. The van der Waals surface area contributed by atoms with Crippen LogP contribution in [0.15, 0.2) is 212 Å². The van der Waals surface area contributed by atoms with Crippen LogP contribution in [0, 0.1) is 0 Å². The second-order valence-electron chi connectivity index (χ2n) is 15.9. The maximum absolute atomic E-state index is 5.38. The number of aromatic nitrogens is 4. The molecule has 1 aliphatic rings. The molecule has 3 aromatic heterocycles. The molecule has 1 unspecified atom stereocenters. The first-order valence-corrected chi connectivity index (χ1v) is 20.6. The maximum Gasteiger partial charge on any atom is 0.160 e. The largest absolute Gasteiger partial charge is 0.307 e. The zero-order chi connectivity index (χ0) is 40.0. The maximum atomic E-state index is 5.38. The summed E-state index contributed by atoms with van der Waals surface area (Å²) in [6, 6.07) is 68.5. The lowest BCUT2D eigenvalue weighted by atomic mass is 9.76. The Hall–Kier alpha value is -7.69. The van der Waals surface area contributed by atoms with Gasteiger partial charge < -0.3 is 4.57 Å². The van der Waals surface area contributed by atoms with Crippen molar-refractivity contribution in [1.82, 2.24) is 19.5 Å². The van der Waals surface area contributed by atoms with Crippen molar-refractivity contribution < 1.29 is 0 Å². The Morgan fingerprint density at radius 1 is 0.500 bits per heavy atom. The third-order valence-corrected chi connectivity index (χ3v) is 12.1. The van der Waals surface area contributed by atoms with Gasteiger partial charge in [0.15, 0.2) is 5.82 Å². The van der Waals surface area contributed by atoms with Crippen LogP contribution in [0.25, 0.3) is 89.0 Å². The van der Waals surface area contributed by atoms with Crippen molar-refractivity contribution in [3.8, 4) is 50.7 Å². The van der Waals surface area contributed by atoms with Gasteiger partial charge in [-0.15, -0.1) is 0 Å². The van der Waals surface area contributed by atoms with E-state index >= 15 is 0 Å². The Balaban J connectivity index is 1.04. The Labute approximate surface area is 349 Å². The van der Waals surface area contributed by atoms with Crippen LogP contribution < -0.4 is 0 Å². The van der Waals surface area contributed by atoms with Crippen LogP contribution in [0.4, 0.5) is 0 Å². The molecule has 0 fully saturated rings. The summed E-state index contributed by atoms with van der Waals surface area (Å²) in [7, 11) is 0. The molecule has 0 saturated carbocycles. The van der Waals surface area contributed by atoms with Crippen molar-refractivity contribution in [1.29, 1.82) is 0 Å². The topological polar surface area (TPSA) is 43.6 Å². The van der Waals surface area contributed by atoms with E-state index in [2.05, 4.69) is 224 Å². The second-order valence-corrected chi connectivity index (χ2v) is 15.9. The minimum Gasteiger partial charge on any atom is -0.307 e. The number of allylic oxidation sites excluding steroid dienone is 4. The van der Waals surface area contributed by atoms with E-state index < -0.39 is 0 Å². The lowest BCUT2D eigenvalue weighted by molar-refractivity contribution is 0.601. The van der Waals surface area contributed by atoms with Crippen LogP contribution in [0.5, 0.6) is 0 Å². The highest BCUT2D eigenvalue weighted by Gasteiger charge is 2.26. The Kier molecular flexibility index (Phi) is 8.63. The molecule has 4 nitrogen and oxygen atoms in total. The van der Waals surface area contributed by atoms with Crippen LogP contribution in [-0.4, -0.2) is 19.5 Å². The first-order chi connectivity index (χ1) is 29.6. The number of benzene rings is 7. The van der Waals surface area contributed by atoms with Crippen molar-refractivity contribution in [3.05, 3.63) is 224 Å². The van der Waals surface area contributed by atoms with Crippen molar-refractivity contribution in [2.45, 2.75) is 18.8 Å².